The van der Waals surface area contributed by atoms with Crippen LogP contribution >= 0.6 is 0 Å². The van der Waals surface area contributed by atoms with Crippen LogP contribution in [-0.2, 0) is 16.2 Å². The molecule has 0 amide bonds. The minimum absolute atomic E-state index is 0.0231. The average Bonchev–Trinajstić information content (AvgIpc) is 2.82. The molecule has 1 saturated heterocycles. The van der Waals surface area contributed by atoms with E-state index in [1.54, 1.807) is 11.9 Å². The first-order valence-corrected chi connectivity index (χ1v) is 12.0. The van der Waals surface area contributed by atoms with Crippen LogP contribution in [0.15, 0.2) is 35.5 Å². The number of rotatable bonds is 8. The third kappa shape index (κ3) is 5.94. The van der Waals surface area contributed by atoms with E-state index in [1.165, 1.54) is 22.5 Å². The average molecular weight is 499 g/mol. The Bertz CT molecular complexity index is 1130. The highest BCUT2D eigenvalue weighted by molar-refractivity contribution is 7.89. The van der Waals surface area contributed by atoms with Gasteiger partial charge in [-0.25, -0.2) is 18.4 Å². The van der Waals surface area contributed by atoms with Crippen LogP contribution in [-0.4, -0.2) is 67.1 Å². The molecule has 2 N–H and O–H groups in total. The number of benzene rings is 1. The molecule has 2 heterocycles. The Morgan fingerprint density at radius 2 is 1.91 bits per heavy atom. The molecule has 0 radical (unpaired) electrons. The molecule has 13 heteroatoms. The fraction of sp³-hybridized carbons (Fsp3) is 0.476. The van der Waals surface area contributed by atoms with Gasteiger partial charge in [-0.1, -0.05) is 0 Å². The largest absolute Gasteiger partial charge is 0.419 e. The van der Waals surface area contributed by atoms with E-state index in [0.717, 1.165) is 0 Å². The Morgan fingerprint density at radius 1 is 1.26 bits per heavy atom. The van der Waals surface area contributed by atoms with Crippen LogP contribution in [0.1, 0.15) is 30.4 Å². The summed E-state index contributed by atoms with van der Waals surface area (Å²) in [5.74, 6) is 0.0527. The predicted octanol–water partition coefficient (Wildman–Crippen LogP) is 2.45. The van der Waals surface area contributed by atoms with Crippen LogP contribution in [0.25, 0.3) is 0 Å². The molecule has 1 aromatic heterocycles. The summed E-state index contributed by atoms with van der Waals surface area (Å²) in [6, 6.07) is 6.20. The maximum absolute atomic E-state index is 13.2. The van der Waals surface area contributed by atoms with E-state index in [4.69, 9.17) is 5.11 Å². The van der Waals surface area contributed by atoms with Crippen molar-refractivity contribution in [2.24, 2.45) is 0 Å². The minimum Gasteiger partial charge on any atom is -0.396 e. The van der Waals surface area contributed by atoms with E-state index in [1.807, 2.05) is 0 Å². The van der Waals surface area contributed by atoms with Gasteiger partial charge in [0.1, 0.15) is 6.07 Å². The number of aromatic nitrogens is 2. The summed E-state index contributed by atoms with van der Waals surface area (Å²) in [6.45, 7) is 0.842. The minimum atomic E-state index is -4.52. The topological polar surface area (TPSA) is 122 Å². The quantitative estimate of drug-likeness (QED) is 0.569. The molecule has 1 aromatic carbocycles. The Hall–Kier alpha value is -2.95. The summed E-state index contributed by atoms with van der Waals surface area (Å²) >= 11 is 0. The molecule has 3 rings (SSSR count). The molecule has 2 aromatic rings. The molecule has 1 aliphatic rings. The van der Waals surface area contributed by atoms with Crippen LogP contribution in [0.2, 0.25) is 0 Å². The standard InChI is InChI=1S/C21H25F3N6O3S/c1-29(7-2-10-31)19-11-18(4-3-15(19)12-25)34(32,33)30-8-5-17(6-9-30)28-20-26-13-16(14-27-20)21(22,23)24/h3-4,11,13-14,17,31H,2,5-10H2,1H3,(H,26,27,28). The SMILES string of the molecule is CN(CCCO)c1cc(S(=O)(=O)N2CCC(Nc3ncc(C(F)(F)F)cn3)CC2)ccc1C#N. The third-order valence-electron chi connectivity index (χ3n) is 5.56. The van der Waals surface area contributed by atoms with Crippen LogP contribution < -0.4 is 10.2 Å². The highest BCUT2D eigenvalue weighted by atomic mass is 32.2. The van der Waals surface area contributed by atoms with Gasteiger partial charge in [0.2, 0.25) is 16.0 Å². The summed E-state index contributed by atoms with van der Waals surface area (Å²) in [4.78, 5) is 9.19. The number of aliphatic hydroxyl groups is 1. The van der Waals surface area contributed by atoms with Gasteiger partial charge in [-0.2, -0.15) is 22.7 Å². The normalized spacial score (nSPS) is 15.6. The van der Waals surface area contributed by atoms with Crippen molar-refractivity contribution in [3.8, 4) is 6.07 Å². The lowest BCUT2D eigenvalue weighted by Gasteiger charge is -2.32. The van der Waals surface area contributed by atoms with E-state index < -0.39 is 21.8 Å². The van der Waals surface area contributed by atoms with Crippen LogP contribution in [0, 0.1) is 11.3 Å². The Labute approximate surface area is 195 Å². The van der Waals surface area contributed by atoms with Gasteiger partial charge in [-0.15, -0.1) is 0 Å². The lowest BCUT2D eigenvalue weighted by molar-refractivity contribution is -0.138. The Kier molecular flexibility index (Phi) is 7.96. The van der Waals surface area contributed by atoms with Crippen molar-refractivity contribution in [3.63, 3.8) is 0 Å². The van der Waals surface area contributed by atoms with E-state index >= 15 is 0 Å². The van der Waals surface area contributed by atoms with Crippen LogP contribution in [0.4, 0.5) is 24.8 Å². The molecule has 0 spiro atoms. The molecule has 34 heavy (non-hydrogen) atoms. The van der Waals surface area contributed by atoms with E-state index in [0.29, 0.717) is 49.5 Å². The molecule has 0 unspecified atom stereocenters. The monoisotopic (exact) mass is 498 g/mol. The summed E-state index contributed by atoms with van der Waals surface area (Å²) in [7, 11) is -2.09. The molecule has 0 atom stereocenters. The number of piperidine rings is 1. The first kappa shape index (κ1) is 25.7. The Balaban J connectivity index is 1.67. The van der Waals surface area contributed by atoms with Crippen molar-refractivity contribution >= 4 is 21.7 Å². The van der Waals surface area contributed by atoms with Crippen molar-refractivity contribution < 1.29 is 26.7 Å². The highest BCUT2D eigenvalue weighted by Crippen LogP contribution is 2.29. The van der Waals surface area contributed by atoms with Crippen molar-refractivity contribution in [1.82, 2.24) is 14.3 Å². The maximum Gasteiger partial charge on any atom is 0.419 e. The first-order valence-electron chi connectivity index (χ1n) is 10.6. The van der Waals surface area contributed by atoms with Gasteiger partial charge in [0.05, 0.1) is 21.7 Å². The van der Waals surface area contributed by atoms with Gasteiger partial charge >= 0.3 is 6.18 Å². The summed E-state index contributed by atoms with van der Waals surface area (Å²) in [6.07, 6.45) is -1.80. The lowest BCUT2D eigenvalue weighted by atomic mass is 10.1. The second kappa shape index (κ2) is 10.5. The van der Waals surface area contributed by atoms with Gasteiger partial charge < -0.3 is 15.3 Å². The molecule has 0 aliphatic carbocycles. The fourth-order valence-corrected chi connectivity index (χ4v) is 5.12. The van der Waals surface area contributed by atoms with Crippen LogP contribution in [0.5, 0.6) is 0 Å². The predicted molar refractivity (Wildman–Crippen MR) is 119 cm³/mol. The number of alkyl halides is 3. The van der Waals surface area contributed by atoms with Crippen LogP contribution in [0.3, 0.4) is 0 Å². The molecule has 9 nitrogen and oxygen atoms in total. The second-order valence-corrected chi connectivity index (χ2v) is 9.84. The van der Waals surface area contributed by atoms with E-state index in [-0.39, 0.29) is 36.6 Å². The number of hydrogen-bond donors (Lipinski definition) is 2. The van der Waals surface area contributed by atoms with Gasteiger partial charge in [0.15, 0.2) is 0 Å². The third-order valence-corrected chi connectivity index (χ3v) is 7.45. The molecular formula is C21H25F3N6O3S. The molecule has 0 saturated carbocycles. The number of hydrogen-bond acceptors (Lipinski definition) is 8. The zero-order valence-electron chi connectivity index (χ0n) is 18.5. The number of nitrogens with zero attached hydrogens (tertiary/aromatic N) is 5. The van der Waals surface area contributed by atoms with Gasteiger partial charge in [0, 0.05) is 51.7 Å². The van der Waals surface area contributed by atoms with E-state index in [2.05, 4.69) is 21.4 Å². The number of nitrogens with one attached hydrogen (secondary N) is 1. The lowest BCUT2D eigenvalue weighted by Crippen LogP contribution is -2.42. The number of nitriles is 1. The molecule has 0 bridgehead atoms. The fourth-order valence-electron chi connectivity index (χ4n) is 3.63. The number of halogens is 3. The smallest absolute Gasteiger partial charge is 0.396 e. The van der Waals surface area contributed by atoms with E-state index in [9.17, 15) is 26.9 Å². The summed E-state index contributed by atoms with van der Waals surface area (Å²) in [5.41, 5.74) is -0.144. The van der Waals surface area contributed by atoms with Gasteiger partial charge in [-0.3, -0.25) is 0 Å². The Morgan fingerprint density at radius 3 is 2.47 bits per heavy atom. The molecular weight excluding hydrogens is 473 g/mol. The molecule has 184 valence electrons. The molecule has 1 fully saturated rings. The first-order chi connectivity index (χ1) is 16.1. The van der Waals surface area contributed by atoms with Crippen molar-refractivity contribution in [2.45, 2.75) is 36.4 Å². The van der Waals surface area contributed by atoms with Crippen molar-refractivity contribution in [3.05, 3.63) is 41.7 Å². The summed E-state index contributed by atoms with van der Waals surface area (Å²) < 4.78 is 65.7. The summed E-state index contributed by atoms with van der Waals surface area (Å²) in [5, 5.41) is 21.4. The van der Waals surface area contributed by atoms with Crippen molar-refractivity contribution in [1.29, 1.82) is 5.26 Å². The molecule has 1 aliphatic heterocycles. The number of sulfonamides is 1. The number of anilines is 2. The second-order valence-electron chi connectivity index (χ2n) is 7.91. The van der Waals surface area contributed by atoms with Gasteiger partial charge in [-0.05, 0) is 37.5 Å². The zero-order chi connectivity index (χ0) is 24.9. The number of aliphatic hydroxyl groups excluding tert-OH is 1. The highest BCUT2D eigenvalue weighted by Gasteiger charge is 2.32. The van der Waals surface area contributed by atoms with Gasteiger partial charge in [0.25, 0.3) is 0 Å². The zero-order valence-corrected chi connectivity index (χ0v) is 19.3. The maximum atomic E-state index is 13.2. The van der Waals surface area contributed by atoms with Crippen molar-refractivity contribution in [2.75, 3.05) is 43.5 Å².